The number of anilines is 1. The molecule has 0 aliphatic carbocycles. The van der Waals surface area contributed by atoms with Gasteiger partial charge in [-0.1, -0.05) is 25.1 Å². The number of alkyl carbamates (subject to hydrolysis) is 1. The molecule has 5 rings (SSSR count). The fourth-order valence-corrected chi connectivity index (χ4v) is 5.35. The lowest BCUT2D eigenvalue weighted by atomic mass is 10.0. The van der Waals surface area contributed by atoms with Gasteiger partial charge in [0, 0.05) is 30.1 Å². The Bertz CT molecular complexity index is 2080. The van der Waals surface area contributed by atoms with Crippen LogP contribution in [0.5, 0.6) is 17.2 Å². The van der Waals surface area contributed by atoms with Crippen LogP contribution in [0, 0.1) is 12.8 Å². The van der Waals surface area contributed by atoms with Gasteiger partial charge in [-0.2, -0.15) is 0 Å². The number of para-hydroxylation sites is 1. The lowest BCUT2D eigenvalue weighted by Crippen LogP contribution is -2.48. The number of ether oxygens (including phenoxy) is 3. The molecule has 2 unspecified atom stereocenters. The van der Waals surface area contributed by atoms with Crippen molar-refractivity contribution >= 4 is 34.7 Å². The Balaban J connectivity index is 1.39. The van der Waals surface area contributed by atoms with Crippen molar-refractivity contribution in [3.8, 4) is 22.9 Å². The predicted molar refractivity (Wildman–Crippen MR) is 185 cm³/mol. The highest BCUT2D eigenvalue weighted by molar-refractivity contribution is 6.04. The summed E-state index contributed by atoms with van der Waals surface area (Å²) in [5.74, 6) is -0.942. The highest BCUT2D eigenvalue weighted by atomic mass is 16.6. The summed E-state index contributed by atoms with van der Waals surface area (Å²) in [4.78, 5) is 60.9. The van der Waals surface area contributed by atoms with Crippen LogP contribution >= 0.6 is 0 Å². The molecule has 2 amide bonds. The Morgan fingerprint density at radius 2 is 1.70 bits per heavy atom. The summed E-state index contributed by atoms with van der Waals surface area (Å²) in [6.45, 7) is 8.17. The van der Waals surface area contributed by atoms with Crippen molar-refractivity contribution < 1.29 is 33.7 Å². The Morgan fingerprint density at radius 1 is 0.980 bits per heavy atom. The van der Waals surface area contributed by atoms with Gasteiger partial charge in [0.1, 0.15) is 40.3 Å². The number of pyridine rings is 2. The minimum absolute atomic E-state index is 0.0449. The van der Waals surface area contributed by atoms with Gasteiger partial charge < -0.3 is 30.0 Å². The molecule has 14 heteroatoms. The summed E-state index contributed by atoms with van der Waals surface area (Å²) in [6.07, 6.45) is 2.17. The molecule has 2 aromatic carbocycles. The topological polar surface area (TPSA) is 176 Å². The van der Waals surface area contributed by atoms with E-state index < -0.39 is 41.1 Å². The molecule has 0 fully saturated rings. The van der Waals surface area contributed by atoms with E-state index >= 15 is 0 Å². The minimum Gasteiger partial charge on any atom is -0.497 e. The van der Waals surface area contributed by atoms with Crippen molar-refractivity contribution in [2.45, 2.75) is 52.8 Å². The number of methoxy groups -OCH3 is 1. The number of amides is 2. The first-order chi connectivity index (χ1) is 23.8. The zero-order valence-electron chi connectivity index (χ0n) is 28.5. The molecule has 0 spiro atoms. The van der Waals surface area contributed by atoms with E-state index in [2.05, 4.69) is 20.6 Å². The molecular formula is C36H38N6O8. The van der Waals surface area contributed by atoms with Crippen LogP contribution in [0.15, 0.2) is 83.9 Å². The molecule has 5 aromatic rings. The Morgan fingerprint density at radius 3 is 2.34 bits per heavy atom. The number of carbonyl (C=O) groups excluding carboxylic acids is 2. The van der Waals surface area contributed by atoms with Gasteiger partial charge in [0.25, 0.3) is 11.5 Å². The van der Waals surface area contributed by atoms with Gasteiger partial charge in [-0.05, 0) is 70.2 Å². The standard InChI is InChI=1S/C36H38N6O8/c1-21(31(34(45)46)40-35(47)50-36(3,4)5)20-41-22(2)30(33(44)42(41)23-10-8-7-9-11-23)32(43)39-29-15-13-25(19-38-29)49-28-16-17-37-27-18-24(48-6)12-14-26(27)28/h7-19,21,31H,20H2,1-6H3,(H,40,47)(H,45,46)(H,38,39,43). The second-order valence-electron chi connectivity index (χ2n) is 12.6. The largest absolute Gasteiger partial charge is 0.497 e. The van der Waals surface area contributed by atoms with Crippen LogP contribution < -0.4 is 25.7 Å². The number of hydrogen-bond donors (Lipinski definition) is 3. The smallest absolute Gasteiger partial charge is 0.408 e. The second kappa shape index (κ2) is 14.5. The van der Waals surface area contributed by atoms with E-state index in [9.17, 15) is 24.3 Å². The van der Waals surface area contributed by atoms with Crippen molar-refractivity contribution in [2.24, 2.45) is 5.92 Å². The normalized spacial score (nSPS) is 12.5. The van der Waals surface area contributed by atoms with E-state index in [0.29, 0.717) is 28.5 Å². The van der Waals surface area contributed by atoms with Gasteiger partial charge >= 0.3 is 12.1 Å². The summed E-state index contributed by atoms with van der Waals surface area (Å²) in [6, 6.07) is 17.6. The number of rotatable bonds is 11. The fourth-order valence-electron chi connectivity index (χ4n) is 5.35. The van der Waals surface area contributed by atoms with Crippen molar-refractivity contribution in [2.75, 3.05) is 12.4 Å². The van der Waals surface area contributed by atoms with E-state index in [1.165, 1.54) is 15.6 Å². The Labute approximate surface area is 287 Å². The van der Waals surface area contributed by atoms with Gasteiger partial charge in [-0.3, -0.25) is 19.3 Å². The van der Waals surface area contributed by atoms with Gasteiger partial charge in [0.15, 0.2) is 0 Å². The summed E-state index contributed by atoms with van der Waals surface area (Å²) in [5.41, 5.74) is -0.184. The number of fused-ring (bicyclic) bond motifs is 1. The molecule has 0 radical (unpaired) electrons. The third-order valence-corrected chi connectivity index (χ3v) is 7.71. The van der Waals surface area contributed by atoms with Crippen LogP contribution in [0.2, 0.25) is 0 Å². The van der Waals surface area contributed by atoms with E-state index in [0.717, 1.165) is 5.39 Å². The van der Waals surface area contributed by atoms with Crippen LogP contribution in [0.1, 0.15) is 43.7 Å². The Hall–Kier alpha value is -6.18. The molecule has 3 heterocycles. The first kappa shape index (κ1) is 35.1. The zero-order chi connectivity index (χ0) is 36.2. The van der Waals surface area contributed by atoms with E-state index in [1.807, 2.05) is 6.07 Å². The van der Waals surface area contributed by atoms with Gasteiger partial charge in [0.2, 0.25) is 0 Å². The predicted octanol–water partition coefficient (Wildman–Crippen LogP) is 5.56. The SMILES string of the molecule is COc1ccc2c(Oc3ccc(NC(=O)c4c(C)n(CC(C)C(NC(=O)OC(C)(C)C)C(=O)O)n(-c5ccccc5)c4=O)nc3)ccnc2c1. The van der Waals surface area contributed by atoms with Crippen LogP contribution in [-0.2, 0) is 16.1 Å². The number of benzene rings is 2. The molecule has 0 aliphatic heterocycles. The first-order valence-corrected chi connectivity index (χ1v) is 15.7. The van der Waals surface area contributed by atoms with Gasteiger partial charge in [-0.15, -0.1) is 0 Å². The van der Waals surface area contributed by atoms with E-state index in [-0.39, 0.29) is 23.6 Å². The number of aliphatic carboxylic acids is 1. The average Bonchev–Trinajstić information content (AvgIpc) is 3.31. The number of aromatic nitrogens is 4. The third-order valence-electron chi connectivity index (χ3n) is 7.71. The summed E-state index contributed by atoms with van der Waals surface area (Å²) in [5, 5.41) is 15.8. The molecule has 260 valence electrons. The second-order valence-corrected chi connectivity index (χ2v) is 12.6. The maximum Gasteiger partial charge on any atom is 0.408 e. The molecule has 0 saturated carbocycles. The van der Waals surface area contributed by atoms with Crippen molar-refractivity contribution in [1.29, 1.82) is 0 Å². The molecule has 3 aromatic heterocycles. The van der Waals surface area contributed by atoms with Crippen molar-refractivity contribution in [3.05, 3.63) is 101 Å². The first-order valence-electron chi connectivity index (χ1n) is 15.7. The third kappa shape index (κ3) is 7.92. The number of nitrogens with one attached hydrogen (secondary N) is 2. The lowest BCUT2D eigenvalue weighted by molar-refractivity contribution is -0.141. The van der Waals surface area contributed by atoms with Crippen LogP contribution in [0.4, 0.5) is 10.6 Å². The van der Waals surface area contributed by atoms with Crippen molar-refractivity contribution in [3.63, 3.8) is 0 Å². The summed E-state index contributed by atoms with van der Waals surface area (Å²) >= 11 is 0. The minimum atomic E-state index is -1.36. The number of hydrogen-bond acceptors (Lipinski definition) is 9. The lowest BCUT2D eigenvalue weighted by Gasteiger charge is -2.26. The average molecular weight is 683 g/mol. The van der Waals surface area contributed by atoms with Crippen LogP contribution in [-0.4, -0.2) is 61.2 Å². The van der Waals surface area contributed by atoms with E-state index in [1.54, 1.807) is 109 Å². The molecule has 2 atom stereocenters. The molecule has 50 heavy (non-hydrogen) atoms. The number of carbonyl (C=O) groups is 3. The number of carboxylic acid groups (broad SMARTS) is 1. The molecule has 14 nitrogen and oxygen atoms in total. The Kier molecular flexibility index (Phi) is 10.2. The monoisotopic (exact) mass is 682 g/mol. The highest BCUT2D eigenvalue weighted by Crippen LogP contribution is 2.31. The number of nitrogens with zero attached hydrogens (tertiary/aromatic N) is 4. The number of carboxylic acids is 1. The molecule has 0 saturated heterocycles. The van der Waals surface area contributed by atoms with Crippen molar-refractivity contribution in [1.82, 2.24) is 24.6 Å². The van der Waals surface area contributed by atoms with E-state index in [4.69, 9.17) is 14.2 Å². The van der Waals surface area contributed by atoms with Crippen LogP contribution in [0.25, 0.3) is 16.6 Å². The zero-order valence-corrected chi connectivity index (χ0v) is 28.5. The summed E-state index contributed by atoms with van der Waals surface area (Å²) in [7, 11) is 1.58. The maximum absolute atomic E-state index is 13.9. The van der Waals surface area contributed by atoms with Crippen LogP contribution in [0.3, 0.4) is 0 Å². The molecule has 0 aliphatic rings. The maximum atomic E-state index is 13.9. The highest BCUT2D eigenvalue weighted by Gasteiger charge is 2.32. The quantitative estimate of drug-likeness (QED) is 0.160. The fraction of sp³-hybridized carbons (Fsp3) is 0.278. The molecule has 0 bridgehead atoms. The summed E-state index contributed by atoms with van der Waals surface area (Å²) < 4.78 is 19.4. The molecular weight excluding hydrogens is 644 g/mol. The van der Waals surface area contributed by atoms with Gasteiger partial charge in [-0.25, -0.2) is 19.3 Å². The molecule has 3 N–H and O–H groups in total. The van der Waals surface area contributed by atoms with Gasteiger partial charge in [0.05, 0.1) is 30.2 Å².